The maximum absolute atomic E-state index is 11.2. The van der Waals surface area contributed by atoms with E-state index in [1.54, 1.807) is 13.1 Å². The third-order valence-electron chi connectivity index (χ3n) is 2.22. The molecule has 0 saturated carbocycles. The fraction of sp³-hybridized carbons (Fsp3) is 0.667. The molecule has 0 aliphatic carbocycles. The number of sulfone groups is 1. The molecular formula is C9H16N2O2S. The van der Waals surface area contributed by atoms with Crippen LogP contribution in [0.3, 0.4) is 0 Å². The van der Waals surface area contributed by atoms with Gasteiger partial charge in [0.2, 0.25) is 0 Å². The maximum atomic E-state index is 11.2. The van der Waals surface area contributed by atoms with Gasteiger partial charge in [-0.1, -0.05) is 6.92 Å². The number of rotatable bonds is 5. The molecule has 80 valence electrons. The fourth-order valence-electron chi connectivity index (χ4n) is 1.24. The third kappa shape index (κ3) is 3.14. The fourth-order valence-corrected chi connectivity index (χ4v) is 2.10. The summed E-state index contributed by atoms with van der Waals surface area (Å²) in [6.07, 6.45) is 4.25. The zero-order valence-electron chi connectivity index (χ0n) is 8.60. The molecule has 0 fully saturated rings. The summed E-state index contributed by atoms with van der Waals surface area (Å²) in [5, 5.41) is 0. The van der Waals surface area contributed by atoms with E-state index >= 15 is 0 Å². The standard InChI is InChI=1S/C9H16N2O2S/c1-3-14(12,13)8-4-6-11-7-5-10-9(11)2/h5,7H,3-4,6,8H2,1-2H3. The van der Waals surface area contributed by atoms with Crippen LogP contribution < -0.4 is 0 Å². The van der Waals surface area contributed by atoms with E-state index < -0.39 is 9.84 Å². The van der Waals surface area contributed by atoms with Gasteiger partial charge in [-0.25, -0.2) is 13.4 Å². The van der Waals surface area contributed by atoms with Gasteiger partial charge in [0, 0.05) is 24.7 Å². The molecule has 1 heterocycles. The lowest BCUT2D eigenvalue weighted by Gasteiger charge is -2.04. The van der Waals surface area contributed by atoms with Gasteiger partial charge in [0.05, 0.1) is 5.75 Å². The van der Waals surface area contributed by atoms with Crippen molar-refractivity contribution in [1.82, 2.24) is 9.55 Å². The van der Waals surface area contributed by atoms with E-state index in [9.17, 15) is 8.42 Å². The van der Waals surface area contributed by atoms with Crippen molar-refractivity contribution in [3.63, 3.8) is 0 Å². The summed E-state index contributed by atoms with van der Waals surface area (Å²) in [4.78, 5) is 4.07. The summed E-state index contributed by atoms with van der Waals surface area (Å²) in [5.74, 6) is 1.43. The number of hydrogen-bond acceptors (Lipinski definition) is 3. The summed E-state index contributed by atoms with van der Waals surface area (Å²) in [6, 6.07) is 0. The Balaban J connectivity index is 2.40. The predicted octanol–water partition coefficient (Wildman–Crippen LogP) is 1.02. The number of imidazole rings is 1. The van der Waals surface area contributed by atoms with Gasteiger partial charge in [-0.3, -0.25) is 0 Å². The van der Waals surface area contributed by atoms with Crippen LogP contribution in [0, 0.1) is 6.92 Å². The minimum atomic E-state index is -2.82. The van der Waals surface area contributed by atoms with Crippen LogP contribution in [0.15, 0.2) is 12.4 Å². The van der Waals surface area contributed by atoms with Gasteiger partial charge in [0.15, 0.2) is 0 Å². The van der Waals surface area contributed by atoms with Crippen LogP contribution in [-0.2, 0) is 16.4 Å². The Morgan fingerprint density at radius 2 is 2.21 bits per heavy atom. The molecule has 0 N–H and O–H groups in total. The second-order valence-electron chi connectivity index (χ2n) is 3.26. The van der Waals surface area contributed by atoms with Gasteiger partial charge in [-0.2, -0.15) is 0 Å². The van der Waals surface area contributed by atoms with Gasteiger partial charge >= 0.3 is 0 Å². The predicted molar refractivity (Wildman–Crippen MR) is 55.9 cm³/mol. The SMILES string of the molecule is CCS(=O)(=O)CCCn1ccnc1C. The van der Waals surface area contributed by atoms with Crippen LogP contribution in [0.4, 0.5) is 0 Å². The summed E-state index contributed by atoms with van der Waals surface area (Å²) < 4.78 is 24.3. The van der Waals surface area contributed by atoms with Crippen LogP contribution in [0.1, 0.15) is 19.2 Å². The average molecular weight is 216 g/mol. The lowest BCUT2D eigenvalue weighted by atomic mass is 10.4. The molecule has 1 rings (SSSR count). The van der Waals surface area contributed by atoms with Gasteiger partial charge < -0.3 is 4.57 Å². The molecular weight excluding hydrogens is 200 g/mol. The highest BCUT2D eigenvalue weighted by Crippen LogP contribution is 2.00. The number of aromatic nitrogens is 2. The van der Waals surface area contributed by atoms with Gasteiger partial charge in [0.25, 0.3) is 0 Å². The summed E-state index contributed by atoms with van der Waals surface area (Å²) >= 11 is 0. The van der Waals surface area contributed by atoms with Crippen molar-refractivity contribution in [2.24, 2.45) is 0 Å². The Bertz CT molecular complexity index is 381. The van der Waals surface area contributed by atoms with Gasteiger partial charge in [-0.05, 0) is 13.3 Å². The normalized spacial score (nSPS) is 11.9. The molecule has 0 bridgehead atoms. The van der Waals surface area contributed by atoms with Crippen LogP contribution in [0.25, 0.3) is 0 Å². The Morgan fingerprint density at radius 3 is 2.71 bits per heavy atom. The monoisotopic (exact) mass is 216 g/mol. The zero-order chi connectivity index (χ0) is 10.6. The molecule has 4 nitrogen and oxygen atoms in total. The molecule has 1 aromatic heterocycles. The molecule has 0 aliphatic rings. The van der Waals surface area contributed by atoms with E-state index in [1.807, 2.05) is 17.7 Å². The molecule has 14 heavy (non-hydrogen) atoms. The first kappa shape index (κ1) is 11.2. The van der Waals surface area contributed by atoms with Crippen LogP contribution >= 0.6 is 0 Å². The first-order chi connectivity index (χ1) is 6.55. The molecule has 0 atom stereocenters. The Hall–Kier alpha value is -0.840. The summed E-state index contributed by atoms with van der Waals surface area (Å²) in [6.45, 7) is 4.32. The smallest absolute Gasteiger partial charge is 0.150 e. The quantitative estimate of drug-likeness (QED) is 0.738. The molecule has 0 aliphatic heterocycles. The molecule has 5 heteroatoms. The van der Waals surface area contributed by atoms with Crippen molar-refractivity contribution >= 4 is 9.84 Å². The Labute approximate surface area is 84.9 Å². The first-order valence-corrected chi connectivity index (χ1v) is 6.55. The van der Waals surface area contributed by atoms with Crippen molar-refractivity contribution in [3.8, 4) is 0 Å². The minimum Gasteiger partial charge on any atom is -0.335 e. The lowest BCUT2D eigenvalue weighted by molar-refractivity contribution is 0.585. The van der Waals surface area contributed by atoms with Crippen molar-refractivity contribution in [3.05, 3.63) is 18.2 Å². The van der Waals surface area contributed by atoms with Gasteiger partial charge in [0.1, 0.15) is 15.7 Å². The maximum Gasteiger partial charge on any atom is 0.150 e. The highest BCUT2D eigenvalue weighted by molar-refractivity contribution is 7.91. The zero-order valence-corrected chi connectivity index (χ0v) is 9.42. The highest BCUT2D eigenvalue weighted by Gasteiger charge is 2.06. The number of nitrogens with zero attached hydrogens (tertiary/aromatic N) is 2. The molecule has 0 radical (unpaired) electrons. The van der Waals surface area contributed by atoms with Gasteiger partial charge in [-0.15, -0.1) is 0 Å². The van der Waals surface area contributed by atoms with Crippen molar-refractivity contribution in [1.29, 1.82) is 0 Å². The van der Waals surface area contributed by atoms with Crippen molar-refractivity contribution in [2.75, 3.05) is 11.5 Å². The van der Waals surface area contributed by atoms with Crippen molar-refractivity contribution < 1.29 is 8.42 Å². The topological polar surface area (TPSA) is 52.0 Å². The third-order valence-corrected chi connectivity index (χ3v) is 4.01. The second-order valence-corrected chi connectivity index (χ2v) is 5.73. The van der Waals surface area contributed by atoms with Crippen molar-refractivity contribution in [2.45, 2.75) is 26.8 Å². The lowest BCUT2D eigenvalue weighted by Crippen LogP contribution is -2.11. The Morgan fingerprint density at radius 1 is 1.50 bits per heavy atom. The van der Waals surface area contributed by atoms with Crippen LogP contribution in [0.2, 0.25) is 0 Å². The molecule has 0 unspecified atom stereocenters. The van der Waals surface area contributed by atoms with E-state index in [1.165, 1.54) is 0 Å². The van der Waals surface area contributed by atoms with E-state index in [2.05, 4.69) is 4.98 Å². The van der Waals surface area contributed by atoms with E-state index in [-0.39, 0.29) is 11.5 Å². The number of hydrogen-bond donors (Lipinski definition) is 0. The summed E-state index contributed by atoms with van der Waals surface area (Å²) in [5.41, 5.74) is 0. The number of aryl methyl sites for hydroxylation is 2. The highest BCUT2D eigenvalue weighted by atomic mass is 32.2. The minimum absolute atomic E-state index is 0.232. The second kappa shape index (κ2) is 4.59. The summed E-state index contributed by atoms with van der Waals surface area (Å²) in [7, 11) is -2.82. The Kier molecular flexibility index (Phi) is 3.69. The molecule has 0 spiro atoms. The van der Waals surface area contributed by atoms with E-state index in [0.29, 0.717) is 6.42 Å². The average Bonchev–Trinajstić information content (AvgIpc) is 2.52. The molecule has 0 amide bonds. The molecule has 0 aromatic carbocycles. The largest absolute Gasteiger partial charge is 0.335 e. The molecule has 0 saturated heterocycles. The van der Waals surface area contributed by atoms with E-state index in [0.717, 1.165) is 12.4 Å². The van der Waals surface area contributed by atoms with Crippen LogP contribution in [-0.4, -0.2) is 29.5 Å². The first-order valence-electron chi connectivity index (χ1n) is 4.73. The van der Waals surface area contributed by atoms with Crippen LogP contribution in [0.5, 0.6) is 0 Å². The van der Waals surface area contributed by atoms with E-state index in [4.69, 9.17) is 0 Å². The molecule has 1 aromatic rings.